The van der Waals surface area contributed by atoms with E-state index in [1.807, 2.05) is 40.7 Å². The van der Waals surface area contributed by atoms with Gasteiger partial charge in [0.05, 0.1) is 23.7 Å². The first-order valence-corrected chi connectivity index (χ1v) is 64.3. The summed E-state index contributed by atoms with van der Waals surface area (Å²) in [5, 5.41) is 4.37. The molecule has 5 aliphatic rings. The highest BCUT2D eigenvalue weighted by Crippen LogP contribution is 2.68. The van der Waals surface area contributed by atoms with Crippen molar-refractivity contribution in [2.24, 2.45) is 11.8 Å². The molecule has 0 fully saturated rings. The zero-order valence-electron chi connectivity index (χ0n) is 53.0. The van der Waals surface area contributed by atoms with E-state index >= 15 is 0 Å². The Balaban J connectivity index is 0.000000178. The van der Waals surface area contributed by atoms with Gasteiger partial charge in [-0.25, -0.2) is 0 Å². The monoisotopic (exact) mass is 1570 g/mol. The van der Waals surface area contributed by atoms with Gasteiger partial charge in [-0.05, 0) is 181 Å². The Kier molecular flexibility index (Phi) is 40.6. The van der Waals surface area contributed by atoms with E-state index in [1.54, 1.807) is 22.3 Å². The molecule has 0 spiro atoms. The molecule has 490 valence electrons. The Morgan fingerprint density at radius 1 is 0.483 bits per heavy atom. The molecule has 5 aromatic rings. The van der Waals surface area contributed by atoms with Crippen LogP contribution in [0.2, 0.25) is 0 Å². The summed E-state index contributed by atoms with van der Waals surface area (Å²) in [4.78, 5) is 53.2. The summed E-state index contributed by atoms with van der Waals surface area (Å²) in [5.41, 5.74) is 16.9. The van der Waals surface area contributed by atoms with E-state index < -0.39 is 0 Å². The molecule has 0 bridgehead atoms. The Morgan fingerprint density at radius 2 is 0.933 bits per heavy atom. The van der Waals surface area contributed by atoms with Crippen molar-refractivity contribution in [1.82, 2.24) is 39.6 Å². The van der Waals surface area contributed by atoms with Gasteiger partial charge in [-0.15, -0.1) is 89.3 Å². The van der Waals surface area contributed by atoms with E-state index in [-0.39, 0.29) is 48.3 Å². The zero-order chi connectivity index (χ0) is 64.4. The third-order valence-corrected chi connectivity index (χ3v) is 66.9. The van der Waals surface area contributed by atoms with Gasteiger partial charge in [0.25, 0.3) is 0 Å². The van der Waals surface area contributed by atoms with Crippen LogP contribution >= 0.6 is 166 Å². The number of aryl methyl sites for hydroxylation is 2. The molecule has 0 N–H and O–H groups in total. The van der Waals surface area contributed by atoms with Crippen molar-refractivity contribution in [3.63, 3.8) is 0 Å². The lowest BCUT2D eigenvalue weighted by Gasteiger charge is -2.30. The number of aromatic nitrogens is 5. The molecular formula is C59H102N8O2P20. The van der Waals surface area contributed by atoms with Gasteiger partial charge in [-0.3, -0.25) is 39.4 Å². The highest BCUT2D eigenvalue weighted by atomic mass is 32.6. The summed E-state index contributed by atoms with van der Waals surface area (Å²) in [5.74, 6) is 2.27. The highest BCUT2D eigenvalue weighted by Gasteiger charge is 2.29. The van der Waals surface area contributed by atoms with Crippen molar-refractivity contribution in [3.05, 3.63) is 117 Å². The number of nitrogens with zero attached hydrogens (tertiary/aromatic N) is 8. The molecule has 3 aliphatic heterocycles. The SMILES string of the molecule is CC1CCc2cncc(P(P)PP)c2C1.CCCCC1CCc2ccnc(P(P)PP)c2C1.CCCCN1CCc2cncc(P(P)PP)c2C1.CCCCN1Cc2c(ccnc2P(P)PP)CC1=O.CCCCN1Cc2c(cncc2P(P)PP)CC1=O. The lowest BCUT2D eigenvalue weighted by molar-refractivity contribution is -0.132. The van der Waals surface area contributed by atoms with Crippen molar-refractivity contribution in [2.45, 2.75) is 170 Å². The van der Waals surface area contributed by atoms with Crippen molar-refractivity contribution >= 4 is 204 Å². The molecule has 2 aliphatic carbocycles. The molecule has 0 saturated heterocycles. The summed E-state index contributed by atoms with van der Waals surface area (Å²) in [6, 6.07) is 4.25. The Morgan fingerprint density at radius 3 is 1.47 bits per heavy atom. The molecule has 8 heterocycles. The number of hydrogen-bond donors (Lipinski definition) is 0. The van der Waals surface area contributed by atoms with E-state index in [4.69, 9.17) is 0 Å². The fourth-order valence-corrected chi connectivity index (χ4v) is 30.0. The summed E-state index contributed by atoms with van der Waals surface area (Å²) < 4.78 is 0. The average Bonchev–Trinajstić information content (AvgIpc) is 1.75. The van der Waals surface area contributed by atoms with Gasteiger partial charge in [-0.1, -0.05) is 113 Å². The van der Waals surface area contributed by atoms with Crippen LogP contribution in [0.3, 0.4) is 0 Å². The molecule has 22 atom stereocenters. The fourth-order valence-electron chi connectivity index (χ4n) is 11.7. The second kappa shape index (κ2) is 44.5. The smallest absolute Gasteiger partial charge is 0.227 e. The van der Waals surface area contributed by atoms with Gasteiger partial charge in [0, 0.05) is 110 Å². The maximum absolute atomic E-state index is 12.1. The van der Waals surface area contributed by atoms with Gasteiger partial charge in [-0.2, -0.15) is 0 Å². The molecule has 89 heavy (non-hydrogen) atoms. The Bertz CT molecular complexity index is 2840. The number of rotatable bonds is 22. The second-order valence-electron chi connectivity index (χ2n) is 23.1. The van der Waals surface area contributed by atoms with Crippen molar-refractivity contribution in [1.29, 1.82) is 0 Å². The first-order chi connectivity index (χ1) is 43.1. The van der Waals surface area contributed by atoms with E-state index in [9.17, 15) is 9.59 Å². The number of unbranched alkanes of at least 4 members (excludes halogenated alkanes) is 4. The lowest BCUT2D eigenvalue weighted by atomic mass is 9.82. The van der Waals surface area contributed by atoms with Crippen LogP contribution in [-0.2, 0) is 74.2 Å². The molecule has 2 amide bonds. The van der Waals surface area contributed by atoms with Gasteiger partial charge < -0.3 is 9.80 Å². The quantitative estimate of drug-likeness (QED) is 0.0631. The first kappa shape index (κ1) is 81.2. The molecule has 0 radical (unpaired) electrons. The number of carbonyl (C=O) groups is 2. The maximum atomic E-state index is 12.1. The van der Waals surface area contributed by atoms with E-state index in [0.717, 1.165) is 116 Å². The van der Waals surface area contributed by atoms with E-state index in [0.29, 0.717) is 12.8 Å². The number of fused-ring (bicyclic) bond motifs is 5. The number of amides is 2. The second-order valence-corrected chi connectivity index (χ2v) is 68.6. The van der Waals surface area contributed by atoms with Gasteiger partial charge in [0.15, 0.2) is 0 Å². The van der Waals surface area contributed by atoms with Crippen LogP contribution in [0.5, 0.6) is 0 Å². The standard InChI is InChI=1S/C13H23NP4.2C12H20N2OP4.C12H22N2P4.C10H17NP4/c1-2-3-4-10-5-6-11-7-8-14-13(12(11)9-10)18(16)17-15;1-2-3-6-14-8-10-9(7-11(14)15)4-5-13-12(10)19(17)18-16;1-2-3-4-14-8-10-9(5-12(14)15)6-13-7-11(10)19(17)18-16;1-2-3-5-14-6-4-10-7-13-8-12(11(10)9-14)18(16)17-15;1-7-2-3-8-5-11-6-10(9(8)4-7)15(13)14-12/h7-8,10,17H,2-6,9,15-16H2,1H3;4-5,18H,2-3,6-8,16-17H2,1H3;6-7,18H,2-5,8,16-17H2,1H3;7-8,17H,2-6,9,15-16H2,1H3;5-7,14H,2-4,12-13H2,1H3. The summed E-state index contributed by atoms with van der Waals surface area (Å²) in [6.45, 7) is 18.1. The number of carbonyl (C=O) groups excluding carboxylic acids is 2. The topological polar surface area (TPSA) is 108 Å². The van der Waals surface area contributed by atoms with Gasteiger partial charge >= 0.3 is 0 Å². The average molecular weight is 1570 g/mol. The molecule has 0 saturated carbocycles. The van der Waals surface area contributed by atoms with Crippen LogP contribution in [0.15, 0.2) is 61.7 Å². The third-order valence-electron chi connectivity index (χ3n) is 16.9. The molecule has 22 unspecified atom stereocenters. The third kappa shape index (κ3) is 25.1. The van der Waals surface area contributed by atoms with Crippen LogP contribution < -0.4 is 26.8 Å². The maximum Gasteiger partial charge on any atom is 0.227 e. The number of hydrogen-bond acceptors (Lipinski definition) is 8. The van der Waals surface area contributed by atoms with E-state index in [1.165, 1.54) is 145 Å². The van der Waals surface area contributed by atoms with Crippen LogP contribution in [0.25, 0.3) is 0 Å². The van der Waals surface area contributed by atoms with Crippen molar-refractivity contribution in [2.75, 3.05) is 26.2 Å². The molecule has 5 aromatic heterocycles. The van der Waals surface area contributed by atoms with Crippen LogP contribution in [-0.4, -0.2) is 77.6 Å². The lowest BCUT2D eigenvalue weighted by Crippen LogP contribution is -2.39. The van der Waals surface area contributed by atoms with E-state index in [2.05, 4.69) is 185 Å². The minimum atomic E-state index is -0.276. The van der Waals surface area contributed by atoms with Crippen LogP contribution in [0.4, 0.5) is 0 Å². The summed E-state index contributed by atoms with van der Waals surface area (Å²) in [7, 11) is 32.8. The first-order valence-electron chi connectivity index (χ1n) is 31.2. The molecule has 10 nitrogen and oxygen atoms in total. The van der Waals surface area contributed by atoms with Crippen LogP contribution in [0, 0.1) is 11.8 Å². The predicted molar refractivity (Wildman–Crippen MR) is 451 cm³/mol. The summed E-state index contributed by atoms with van der Waals surface area (Å²) >= 11 is 0. The molecule has 0 aromatic carbocycles. The van der Waals surface area contributed by atoms with Crippen molar-refractivity contribution < 1.29 is 9.59 Å². The fraction of sp³-hybridized carbons (Fsp3) is 0.542. The summed E-state index contributed by atoms with van der Waals surface area (Å²) in [6.07, 6.45) is 37.2. The largest absolute Gasteiger partial charge is 0.338 e. The Hall–Kier alpha value is 3.25. The minimum Gasteiger partial charge on any atom is -0.338 e. The minimum absolute atomic E-state index is 0.0623. The molecular weight excluding hydrogens is 1470 g/mol. The molecule has 30 heteroatoms. The predicted octanol–water partition coefficient (Wildman–Crippen LogP) is 17.8. The van der Waals surface area contributed by atoms with Gasteiger partial charge in [0.1, 0.15) is 0 Å². The highest BCUT2D eigenvalue weighted by molar-refractivity contribution is 8.65. The normalized spacial score (nSPS) is 19.1. The van der Waals surface area contributed by atoms with Crippen molar-refractivity contribution in [3.8, 4) is 0 Å². The van der Waals surface area contributed by atoms with Crippen LogP contribution in [0.1, 0.15) is 161 Å². The molecule has 10 rings (SSSR count). The zero-order valence-corrected chi connectivity index (χ0v) is 74.0. The number of pyridine rings is 5. The Labute approximate surface area is 574 Å². The van der Waals surface area contributed by atoms with Gasteiger partial charge in [0.2, 0.25) is 11.8 Å².